The van der Waals surface area contributed by atoms with Gasteiger partial charge in [-0.2, -0.15) is 5.10 Å². The molecule has 20 heavy (non-hydrogen) atoms. The Morgan fingerprint density at radius 2 is 2.20 bits per heavy atom. The van der Waals surface area contributed by atoms with E-state index >= 15 is 0 Å². The van der Waals surface area contributed by atoms with Gasteiger partial charge in [-0.1, -0.05) is 17.7 Å². The Hall–Kier alpha value is -2.05. The van der Waals surface area contributed by atoms with Gasteiger partial charge < -0.3 is 10.4 Å². The number of aliphatic hydroxyl groups is 1. The second-order valence-corrected chi connectivity index (χ2v) is 4.56. The third-order valence-electron chi connectivity index (χ3n) is 2.79. The second-order valence-electron chi connectivity index (χ2n) is 4.15. The van der Waals surface area contributed by atoms with Crippen LogP contribution in [0.4, 0.5) is 16.3 Å². The van der Waals surface area contributed by atoms with E-state index in [2.05, 4.69) is 15.7 Å². The van der Waals surface area contributed by atoms with Crippen molar-refractivity contribution in [2.24, 2.45) is 0 Å². The summed E-state index contributed by atoms with van der Waals surface area (Å²) in [7, 11) is 0. The van der Waals surface area contributed by atoms with E-state index in [1.54, 1.807) is 30.5 Å². The maximum Gasteiger partial charge on any atom is 0.324 e. The monoisotopic (exact) mass is 294 g/mol. The van der Waals surface area contributed by atoms with E-state index in [-0.39, 0.29) is 6.61 Å². The summed E-state index contributed by atoms with van der Waals surface area (Å²) in [6, 6.07) is 6.55. The fourth-order valence-electron chi connectivity index (χ4n) is 1.72. The lowest BCUT2D eigenvalue weighted by atomic mass is 10.2. The standard InChI is InChI=1S/C13H15ClN4O2/c1-9-10(14)3-2-4-11(9)16-13(20)17-12-5-6-15-18(12)7-8-19/h2-6,19H,7-8H2,1H3,(H2,16,17,20). The van der Waals surface area contributed by atoms with Gasteiger partial charge in [-0.05, 0) is 24.6 Å². The summed E-state index contributed by atoms with van der Waals surface area (Å²) >= 11 is 5.99. The molecule has 1 aromatic carbocycles. The third-order valence-corrected chi connectivity index (χ3v) is 3.20. The van der Waals surface area contributed by atoms with Gasteiger partial charge in [-0.15, -0.1) is 0 Å². The number of nitrogens with one attached hydrogen (secondary N) is 2. The first-order chi connectivity index (χ1) is 9.61. The molecule has 6 nitrogen and oxygen atoms in total. The number of rotatable bonds is 4. The van der Waals surface area contributed by atoms with Crippen molar-refractivity contribution in [2.45, 2.75) is 13.5 Å². The van der Waals surface area contributed by atoms with Gasteiger partial charge in [-0.3, -0.25) is 5.32 Å². The molecular formula is C13H15ClN4O2. The molecule has 0 saturated heterocycles. The van der Waals surface area contributed by atoms with E-state index in [1.807, 2.05) is 6.92 Å². The first-order valence-electron chi connectivity index (χ1n) is 6.07. The van der Waals surface area contributed by atoms with E-state index < -0.39 is 6.03 Å². The number of aliphatic hydroxyl groups excluding tert-OH is 1. The van der Waals surface area contributed by atoms with Gasteiger partial charge in [0.15, 0.2) is 0 Å². The van der Waals surface area contributed by atoms with E-state index in [4.69, 9.17) is 16.7 Å². The van der Waals surface area contributed by atoms with E-state index in [9.17, 15) is 4.79 Å². The number of nitrogens with zero attached hydrogens (tertiary/aromatic N) is 2. The van der Waals surface area contributed by atoms with Crippen LogP contribution in [0, 0.1) is 6.92 Å². The molecule has 2 aromatic rings. The molecule has 0 atom stereocenters. The van der Waals surface area contributed by atoms with Gasteiger partial charge in [0.2, 0.25) is 0 Å². The normalized spacial score (nSPS) is 10.3. The molecule has 1 aromatic heterocycles. The van der Waals surface area contributed by atoms with Crippen LogP contribution in [0.25, 0.3) is 0 Å². The molecular weight excluding hydrogens is 280 g/mol. The molecule has 0 aliphatic rings. The zero-order valence-electron chi connectivity index (χ0n) is 10.9. The molecule has 0 spiro atoms. The maximum atomic E-state index is 11.9. The Kier molecular flexibility index (Phi) is 4.60. The summed E-state index contributed by atoms with van der Waals surface area (Å²) in [5, 5.41) is 18.9. The van der Waals surface area contributed by atoms with Gasteiger partial charge >= 0.3 is 6.03 Å². The Bertz CT molecular complexity index is 612. The first kappa shape index (κ1) is 14.4. The average Bonchev–Trinajstić information content (AvgIpc) is 2.83. The number of urea groups is 1. The smallest absolute Gasteiger partial charge is 0.324 e. The minimum absolute atomic E-state index is 0.0502. The summed E-state index contributed by atoms with van der Waals surface area (Å²) in [6.07, 6.45) is 1.55. The van der Waals surface area contributed by atoms with Crippen LogP contribution in [0.3, 0.4) is 0 Å². The third kappa shape index (κ3) is 3.28. The average molecular weight is 295 g/mol. The van der Waals surface area contributed by atoms with Crippen molar-refractivity contribution in [2.75, 3.05) is 17.2 Å². The van der Waals surface area contributed by atoms with Crippen LogP contribution in [-0.2, 0) is 6.54 Å². The Labute approximate surface area is 121 Å². The molecule has 106 valence electrons. The second kappa shape index (κ2) is 6.40. The molecule has 0 saturated carbocycles. The number of carbonyl (C=O) groups is 1. The molecule has 0 aliphatic heterocycles. The van der Waals surface area contributed by atoms with Gasteiger partial charge in [-0.25, -0.2) is 9.48 Å². The number of hydrogen-bond acceptors (Lipinski definition) is 3. The van der Waals surface area contributed by atoms with Crippen LogP contribution in [0.5, 0.6) is 0 Å². The van der Waals surface area contributed by atoms with Crippen molar-refractivity contribution in [1.29, 1.82) is 0 Å². The quantitative estimate of drug-likeness (QED) is 0.810. The van der Waals surface area contributed by atoms with Crippen molar-refractivity contribution in [3.05, 3.63) is 41.0 Å². The largest absolute Gasteiger partial charge is 0.394 e. The highest BCUT2D eigenvalue weighted by atomic mass is 35.5. The van der Waals surface area contributed by atoms with Crippen LogP contribution in [0.2, 0.25) is 5.02 Å². The van der Waals surface area contributed by atoms with E-state index in [0.29, 0.717) is 23.1 Å². The van der Waals surface area contributed by atoms with Gasteiger partial charge in [0, 0.05) is 16.8 Å². The number of anilines is 2. The minimum Gasteiger partial charge on any atom is -0.394 e. The van der Waals surface area contributed by atoms with E-state index in [1.165, 1.54) is 4.68 Å². The van der Waals surface area contributed by atoms with Crippen LogP contribution in [-0.4, -0.2) is 27.5 Å². The first-order valence-corrected chi connectivity index (χ1v) is 6.45. The fraction of sp³-hybridized carbons (Fsp3) is 0.231. The molecule has 0 unspecified atom stereocenters. The number of halogens is 1. The highest BCUT2D eigenvalue weighted by Gasteiger charge is 2.09. The molecule has 2 rings (SSSR count). The SMILES string of the molecule is Cc1c(Cl)cccc1NC(=O)Nc1ccnn1CCO. The molecule has 0 bridgehead atoms. The summed E-state index contributed by atoms with van der Waals surface area (Å²) in [4.78, 5) is 11.9. The van der Waals surface area contributed by atoms with Gasteiger partial charge in [0.25, 0.3) is 0 Å². The number of benzene rings is 1. The van der Waals surface area contributed by atoms with Crippen LogP contribution < -0.4 is 10.6 Å². The van der Waals surface area contributed by atoms with Crippen LogP contribution in [0.15, 0.2) is 30.5 Å². The molecule has 1 heterocycles. The Balaban J connectivity index is 2.05. The molecule has 0 aliphatic carbocycles. The summed E-state index contributed by atoms with van der Waals surface area (Å²) in [6.45, 7) is 2.10. The molecule has 7 heteroatoms. The number of hydrogen-bond donors (Lipinski definition) is 3. The minimum atomic E-state index is -0.393. The molecule has 0 radical (unpaired) electrons. The van der Waals surface area contributed by atoms with Gasteiger partial charge in [0.1, 0.15) is 5.82 Å². The highest BCUT2D eigenvalue weighted by molar-refractivity contribution is 6.31. The number of amides is 2. The maximum absolute atomic E-state index is 11.9. The Morgan fingerprint density at radius 3 is 2.95 bits per heavy atom. The van der Waals surface area contributed by atoms with Crippen molar-refractivity contribution in [1.82, 2.24) is 9.78 Å². The molecule has 2 amide bonds. The summed E-state index contributed by atoms with van der Waals surface area (Å²) in [5.74, 6) is 0.510. The van der Waals surface area contributed by atoms with Crippen molar-refractivity contribution >= 4 is 29.1 Å². The predicted octanol–water partition coefficient (Wildman–Crippen LogP) is 2.48. The van der Waals surface area contributed by atoms with Crippen molar-refractivity contribution < 1.29 is 9.90 Å². The zero-order valence-corrected chi connectivity index (χ0v) is 11.7. The lowest BCUT2D eigenvalue weighted by molar-refractivity contribution is 0.260. The molecule has 0 fully saturated rings. The Morgan fingerprint density at radius 1 is 1.40 bits per heavy atom. The highest BCUT2D eigenvalue weighted by Crippen LogP contribution is 2.23. The summed E-state index contributed by atoms with van der Waals surface area (Å²) in [5.41, 5.74) is 1.44. The number of carbonyl (C=O) groups excluding carboxylic acids is 1. The summed E-state index contributed by atoms with van der Waals surface area (Å²) < 4.78 is 1.50. The number of aromatic nitrogens is 2. The zero-order chi connectivity index (χ0) is 14.5. The fourth-order valence-corrected chi connectivity index (χ4v) is 1.90. The van der Waals surface area contributed by atoms with Crippen molar-refractivity contribution in [3.8, 4) is 0 Å². The lowest BCUT2D eigenvalue weighted by Crippen LogP contribution is -2.22. The lowest BCUT2D eigenvalue weighted by Gasteiger charge is -2.11. The predicted molar refractivity (Wildman–Crippen MR) is 78.1 cm³/mol. The van der Waals surface area contributed by atoms with Crippen LogP contribution >= 0.6 is 11.6 Å². The van der Waals surface area contributed by atoms with E-state index in [0.717, 1.165) is 5.56 Å². The molecule has 3 N–H and O–H groups in total. The van der Waals surface area contributed by atoms with Crippen LogP contribution in [0.1, 0.15) is 5.56 Å². The topological polar surface area (TPSA) is 79.2 Å². The van der Waals surface area contributed by atoms with Crippen molar-refractivity contribution in [3.63, 3.8) is 0 Å². The van der Waals surface area contributed by atoms with Gasteiger partial charge in [0.05, 0.1) is 19.3 Å².